The van der Waals surface area contributed by atoms with Crippen LogP contribution in [0.4, 0.5) is 0 Å². The highest BCUT2D eigenvalue weighted by Crippen LogP contribution is 2.35. The average Bonchev–Trinajstić information content (AvgIpc) is 2.34. The number of nitrogens with two attached hydrogens (primary N) is 1. The van der Waals surface area contributed by atoms with Gasteiger partial charge >= 0.3 is 0 Å². The van der Waals surface area contributed by atoms with Gasteiger partial charge in [0, 0.05) is 5.54 Å². The van der Waals surface area contributed by atoms with Crippen molar-refractivity contribution < 1.29 is 0 Å². The summed E-state index contributed by atoms with van der Waals surface area (Å²) in [6.07, 6.45) is 12.1. The van der Waals surface area contributed by atoms with Crippen LogP contribution in [0.2, 0.25) is 0 Å². The standard InChI is InChI=1S/C15H31NS/c1-3-5-7-14-8-11-15(16,12-9-14)10-6-13-17-4-2/h14H,3-13,16H2,1-2H3. The van der Waals surface area contributed by atoms with E-state index in [-0.39, 0.29) is 5.54 Å². The summed E-state index contributed by atoms with van der Waals surface area (Å²) in [5.74, 6) is 3.53. The van der Waals surface area contributed by atoms with Gasteiger partial charge in [0.15, 0.2) is 0 Å². The number of rotatable bonds is 8. The van der Waals surface area contributed by atoms with Crippen molar-refractivity contribution in [2.45, 2.75) is 77.2 Å². The molecule has 1 aliphatic carbocycles. The van der Waals surface area contributed by atoms with Gasteiger partial charge in [0.25, 0.3) is 0 Å². The monoisotopic (exact) mass is 257 g/mol. The summed E-state index contributed by atoms with van der Waals surface area (Å²) in [6, 6.07) is 0. The van der Waals surface area contributed by atoms with E-state index in [1.807, 2.05) is 0 Å². The van der Waals surface area contributed by atoms with Crippen molar-refractivity contribution >= 4 is 11.8 Å². The predicted molar refractivity (Wildman–Crippen MR) is 80.6 cm³/mol. The maximum Gasteiger partial charge on any atom is 0.0154 e. The third kappa shape index (κ3) is 6.15. The van der Waals surface area contributed by atoms with Gasteiger partial charge in [0.05, 0.1) is 0 Å². The number of thioether (sulfide) groups is 1. The zero-order valence-corrected chi connectivity index (χ0v) is 12.7. The lowest BCUT2D eigenvalue weighted by atomic mass is 9.73. The van der Waals surface area contributed by atoms with Gasteiger partial charge in [-0.05, 0) is 55.9 Å². The quantitative estimate of drug-likeness (QED) is 0.643. The van der Waals surface area contributed by atoms with E-state index in [9.17, 15) is 0 Å². The molecule has 0 aromatic heterocycles. The Labute approximate surface area is 112 Å². The van der Waals surface area contributed by atoms with Crippen LogP contribution in [0.1, 0.15) is 71.6 Å². The van der Waals surface area contributed by atoms with Crippen LogP contribution in [0, 0.1) is 5.92 Å². The highest BCUT2D eigenvalue weighted by atomic mass is 32.2. The Kier molecular flexibility index (Phi) is 7.61. The normalized spacial score (nSPS) is 29.5. The van der Waals surface area contributed by atoms with Crippen LogP contribution in [-0.2, 0) is 0 Å². The smallest absolute Gasteiger partial charge is 0.0154 e. The fraction of sp³-hybridized carbons (Fsp3) is 1.00. The highest BCUT2D eigenvalue weighted by Gasteiger charge is 2.30. The van der Waals surface area contributed by atoms with E-state index >= 15 is 0 Å². The summed E-state index contributed by atoms with van der Waals surface area (Å²) in [4.78, 5) is 0. The molecule has 0 heterocycles. The number of hydrogen-bond donors (Lipinski definition) is 1. The van der Waals surface area contributed by atoms with Gasteiger partial charge in [0.1, 0.15) is 0 Å². The third-order valence-electron chi connectivity index (χ3n) is 4.23. The predicted octanol–water partition coefficient (Wildman–Crippen LogP) is 4.60. The maximum atomic E-state index is 6.52. The highest BCUT2D eigenvalue weighted by molar-refractivity contribution is 7.99. The van der Waals surface area contributed by atoms with Crippen molar-refractivity contribution in [1.82, 2.24) is 0 Å². The molecule has 2 heteroatoms. The van der Waals surface area contributed by atoms with Crippen LogP contribution < -0.4 is 5.73 Å². The minimum Gasteiger partial charge on any atom is -0.325 e. The van der Waals surface area contributed by atoms with E-state index in [4.69, 9.17) is 5.73 Å². The molecule has 0 spiro atoms. The van der Waals surface area contributed by atoms with Crippen molar-refractivity contribution in [2.24, 2.45) is 11.7 Å². The zero-order chi connectivity index (χ0) is 12.6. The SMILES string of the molecule is CCCCC1CCC(N)(CCCSCC)CC1. The van der Waals surface area contributed by atoms with Gasteiger partial charge < -0.3 is 5.73 Å². The topological polar surface area (TPSA) is 26.0 Å². The molecule has 1 aliphatic rings. The lowest BCUT2D eigenvalue weighted by molar-refractivity contribution is 0.211. The third-order valence-corrected chi connectivity index (χ3v) is 5.22. The Morgan fingerprint density at radius 3 is 2.47 bits per heavy atom. The Morgan fingerprint density at radius 1 is 1.18 bits per heavy atom. The molecule has 0 bridgehead atoms. The van der Waals surface area contributed by atoms with Gasteiger partial charge in [-0.3, -0.25) is 0 Å². The van der Waals surface area contributed by atoms with Gasteiger partial charge in [-0.25, -0.2) is 0 Å². The van der Waals surface area contributed by atoms with E-state index in [1.165, 1.54) is 69.3 Å². The first-order valence-corrected chi connectivity index (χ1v) is 8.72. The van der Waals surface area contributed by atoms with Crippen molar-refractivity contribution in [2.75, 3.05) is 11.5 Å². The molecule has 1 saturated carbocycles. The Balaban J connectivity index is 2.14. The minimum atomic E-state index is 0.191. The van der Waals surface area contributed by atoms with Crippen molar-refractivity contribution in [3.8, 4) is 0 Å². The molecular weight excluding hydrogens is 226 g/mol. The zero-order valence-electron chi connectivity index (χ0n) is 11.8. The summed E-state index contributed by atoms with van der Waals surface area (Å²) in [5.41, 5.74) is 6.71. The fourth-order valence-electron chi connectivity index (χ4n) is 2.95. The summed E-state index contributed by atoms with van der Waals surface area (Å²) in [5, 5.41) is 0. The molecule has 17 heavy (non-hydrogen) atoms. The molecule has 1 rings (SSSR count). The van der Waals surface area contributed by atoms with E-state index < -0.39 is 0 Å². The molecule has 0 aromatic carbocycles. The van der Waals surface area contributed by atoms with Crippen molar-refractivity contribution in [3.63, 3.8) is 0 Å². The molecule has 2 N–H and O–H groups in total. The summed E-state index contributed by atoms with van der Waals surface area (Å²) in [7, 11) is 0. The largest absolute Gasteiger partial charge is 0.325 e. The molecule has 0 atom stereocenters. The van der Waals surface area contributed by atoms with Crippen LogP contribution >= 0.6 is 11.8 Å². The Bertz CT molecular complexity index is 185. The average molecular weight is 257 g/mol. The fourth-order valence-corrected chi connectivity index (χ4v) is 3.59. The summed E-state index contributed by atoms with van der Waals surface area (Å²) < 4.78 is 0. The lowest BCUT2D eigenvalue weighted by Gasteiger charge is -2.37. The summed E-state index contributed by atoms with van der Waals surface area (Å²) in [6.45, 7) is 4.53. The van der Waals surface area contributed by atoms with Crippen LogP contribution in [0.15, 0.2) is 0 Å². The first-order valence-electron chi connectivity index (χ1n) is 7.57. The Morgan fingerprint density at radius 2 is 1.88 bits per heavy atom. The first-order chi connectivity index (χ1) is 8.20. The van der Waals surface area contributed by atoms with Gasteiger partial charge in [-0.15, -0.1) is 0 Å². The summed E-state index contributed by atoms with van der Waals surface area (Å²) >= 11 is 2.05. The number of hydrogen-bond acceptors (Lipinski definition) is 2. The van der Waals surface area contributed by atoms with Crippen LogP contribution in [0.5, 0.6) is 0 Å². The molecule has 0 saturated heterocycles. The maximum absolute atomic E-state index is 6.52. The van der Waals surface area contributed by atoms with Crippen molar-refractivity contribution in [3.05, 3.63) is 0 Å². The minimum absolute atomic E-state index is 0.191. The Hall–Kier alpha value is 0.310. The van der Waals surface area contributed by atoms with Crippen LogP contribution in [0.25, 0.3) is 0 Å². The molecule has 0 aliphatic heterocycles. The van der Waals surface area contributed by atoms with Crippen LogP contribution in [-0.4, -0.2) is 17.0 Å². The molecule has 0 amide bonds. The van der Waals surface area contributed by atoms with Crippen molar-refractivity contribution in [1.29, 1.82) is 0 Å². The molecular formula is C15H31NS. The lowest BCUT2D eigenvalue weighted by Crippen LogP contribution is -2.43. The van der Waals surface area contributed by atoms with Gasteiger partial charge in [0.2, 0.25) is 0 Å². The second-order valence-corrected chi connectivity index (χ2v) is 7.14. The van der Waals surface area contributed by atoms with Gasteiger partial charge in [-0.1, -0.05) is 33.1 Å². The van der Waals surface area contributed by atoms with E-state index in [2.05, 4.69) is 25.6 Å². The second-order valence-electron chi connectivity index (χ2n) is 5.75. The van der Waals surface area contributed by atoms with Gasteiger partial charge in [-0.2, -0.15) is 11.8 Å². The first kappa shape index (κ1) is 15.4. The molecule has 0 aromatic rings. The van der Waals surface area contributed by atoms with Crippen LogP contribution in [0.3, 0.4) is 0 Å². The molecule has 1 fully saturated rings. The van der Waals surface area contributed by atoms with E-state index in [1.54, 1.807) is 0 Å². The van der Waals surface area contributed by atoms with E-state index in [0.717, 1.165) is 5.92 Å². The second kappa shape index (κ2) is 8.42. The molecule has 1 nitrogen and oxygen atoms in total. The van der Waals surface area contributed by atoms with E-state index in [0.29, 0.717) is 0 Å². The molecule has 0 unspecified atom stereocenters. The number of unbranched alkanes of at least 4 members (excludes halogenated alkanes) is 1. The molecule has 102 valence electrons. The molecule has 0 radical (unpaired) electrons.